The van der Waals surface area contributed by atoms with Crippen LogP contribution < -0.4 is 11.5 Å². The molecule has 1 atom stereocenters. The van der Waals surface area contributed by atoms with Gasteiger partial charge in [-0.3, -0.25) is 0 Å². The van der Waals surface area contributed by atoms with Crippen LogP contribution in [0, 0.1) is 0 Å². The Labute approximate surface area is 48.9 Å². The summed E-state index contributed by atoms with van der Waals surface area (Å²) in [6.45, 7) is 0. The maximum atomic E-state index is 5.51. The van der Waals surface area contributed by atoms with E-state index in [1.54, 1.807) is 0 Å². The van der Waals surface area contributed by atoms with E-state index in [0.29, 0.717) is 0 Å². The Morgan fingerprint density at radius 2 is 2.38 bits per heavy atom. The first-order valence-corrected chi connectivity index (χ1v) is 2.68. The van der Waals surface area contributed by atoms with Crippen LogP contribution in [0.3, 0.4) is 0 Å². The highest BCUT2D eigenvalue weighted by Crippen LogP contribution is 2.02. The summed E-state index contributed by atoms with van der Waals surface area (Å²) in [5, 5.41) is 0. The van der Waals surface area contributed by atoms with Gasteiger partial charge in [0.2, 0.25) is 0 Å². The average Bonchev–Trinajstić information content (AvgIpc) is 1.77. The Bertz CT molecular complexity index is 135. The van der Waals surface area contributed by atoms with E-state index in [1.165, 1.54) is 0 Å². The zero-order valence-electron chi connectivity index (χ0n) is 4.67. The molecule has 0 radical (unpaired) electrons. The Hall–Kier alpha value is -0.760. The third-order valence-electron chi connectivity index (χ3n) is 1.16. The van der Waals surface area contributed by atoms with Gasteiger partial charge in [0, 0.05) is 11.7 Å². The molecule has 8 heavy (non-hydrogen) atoms. The SMILES string of the molecule is NC1=CC[C@@H](N)C=C1. The summed E-state index contributed by atoms with van der Waals surface area (Å²) in [5.41, 5.74) is 11.8. The molecule has 0 unspecified atom stereocenters. The lowest BCUT2D eigenvalue weighted by Gasteiger charge is -2.06. The molecule has 0 aromatic rings. The van der Waals surface area contributed by atoms with E-state index in [2.05, 4.69) is 0 Å². The summed E-state index contributed by atoms with van der Waals surface area (Å²) in [4.78, 5) is 0. The molecular formula is C6H10N2. The van der Waals surface area contributed by atoms with Crippen molar-refractivity contribution in [2.24, 2.45) is 11.5 Å². The highest BCUT2D eigenvalue weighted by Gasteiger charge is 1.98. The van der Waals surface area contributed by atoms with Crippen molar-refractivity contribution < 1.29 is 0 Å². The standard InChI is InChI=1S/C6H10N2/c7-5-1-2-6(8)4-3-5/h1-3,6H,4,7-8H2/t6-/m0/s1. The van der Waals surface area contributed by atoms with Crippen LogP contribution >= 0.6 is 0 Å². The first kappa shape index (κ1) is 5.38. The smallest absolute Gasteiger partial charge is 0.0271 e. The predicted octanol–water partition coefficient (Wildman–Crippen LogP) is 0.116. The molecule has 0 aromatic carbocycles. The van der Waals surface area contributed by atoms with Gasteiger partial charge in [-0.25, -0.2) is 0 Å². The van der Waals surface area contributed by atoms with Crippen molar-refractivity contribution in [3.05, 3.63) is 23.9 Å². The Morgan fingerprint density at radius 1 is 1.62 bits per heavy atom. The topological polar surface area (TPSA) is 52.0 Å². The van der Waals surface area contributed by atoms with Gasteiger partial charge >= 0.3 is 0 Å². The molecule has 1 aliphatic rings. The van der Waals surface area contributed by atoms with Gasteiger partial charge in [0.05, 0.1) is 0 Å². The van der Waals surface area contributed by atoms with Crippen LogP contribution in [0.4, 0.5) is 0 Å². The minimum absolute atomic E-state index is 0.183. The number of rotatable bonds is 0. The highest BCUT2D eigenvalue weighted by molar-refractivity contribution is 5.21. The lowest BCUT2D eigenvalue weighted by molar-refractivity contribution is 0.816. The van der Waals surface area contributed by atoms with Crippen LogP contribution in [0.15, 0.2) is 23.9 Å². The summed E-state index contributed by atoms with van der Waals surface area (Å²) >= 11 is 0. The van der Waals surface area contributed by atoms with Crippen LogP contribution in [-0.4, -0.2) is 6.04 Å². The Kier molecular flexibility index (Phi) is 1.35. The van der Waals surface area contributed by atoms with Crippen molar-refractivity contribution in [1.29, 1.82) is 0 Å². The van der Waals surface area contributed by atoms with E-state index in [0.717, 1.165) is 12.1 Å². The second kappa shape index (κ2) is 2.01. The van der Waals surface area contributed by atoms with E-state index in [-0.39, 0.29) is 6.04 Å². The van der Waals surface area contributed by atoms with Gasteiger partial charge in [-0.2, -0.15) is 0 Å². The monoisotopic (exact) mass is 110 g/mol. The van der Waals surface area contributed by atoms with Crippen LogP contribution in [0.5, 0.6) is 0 Å². The maximum absolute atomic E-state index is 5.51. The lowest BCUT2D eigenvalue weighted by atomic mass is 10.1. The maximum Gasteiger partial charge on any atom is 0.0271 e. The molecule has 2 nitrogen and oxygen atoms in total. The van der Waals surface area contributed by atoms with Crippen LogP contribution in [0.1, 0.15) is 6.42 Å². The molecule has 44 valence electrons. The van der Waals surface area contributed by atoms with Gasteiger partial charge in [0.25, 0.3) is 0 Å². The molecule has 1 aliphatic carbocycles. The second-order valence-corrected chi connectivity index (χ2v) is 1.96. The zero-order valence-corrected chi connectivity index (χ0v) is 4.67. The molecule has 0 saturated heterocycles. The first-order valence-electron chi connectivity index (χ1n) is 2.68. The van der Waals surface area contributed by atoms with Gasteiger partial charge in [-0.05, 0) is 12.5 Å². The number of hydrogen-bond donors (Lipinski definition) is 2. The third-order valence-corrected chi connectivity index (χ3v) is 1.16. The van der Waals surface area contributed by atoms with Gasteiger partial charge in [-0.1, -0.05) is 12.2 Å². The van der Waals surface area contributed by atoms with E-state index in [1.807, 2.05) is 18.2 Å². The summed E-state index contributed by atoms with van der Waals surface area (Å²) in [5.74, 6) is 0. The van der Waals surface area contributed by atoms with Gasteiger partial charge in [-0.15, -0.1) is 0 Å². The number of allylic oxidation sites excluding steroid dienone is 1. The fourth-order valence-electron chi connectivity index (χ4n) is 0.653. The molecule has 0 aromatic heterocycles. The lowest BCUT2D eigenvalue weighted by Crippen LogP contribution is -2.18. The fraction of sp³-hybridized carbons (Fsp3) is 0.333. The minimum Gasteiger partial charge on any atom is -0.399 e. The normalized spacial score (nSPS) is 27.6. The molecule has 0 spiro atoms. The first-order chi connectivity index (χ1) is 3.79. The molecule has 2 heteroatoms. The van der Waals surface area contributed by atoms with Crippen LogP contribution in [0.25, 0.3) is 0 Å². The van der Waals surface area contributed by atoms with Gasteiger partial charge < -0.3 is 11.5 Å². The average molecular weight is 110 g/mol. The summed E-state index contributed by atoms with van der Waals surface area (Å²) < 4.78 is 0. The summed E-state index contributed by atoms with van der Waals surface area (Å²) in [6, 6.07) is 0.183. The van der Waals surface area contributed by atoms with Crippen molar-refractivity contribution >= 4 is 0 Å². The minimum atomic E-state index is 0.183. The molecule has 0 bridgehead atoms. The molecule has 0 fully saturated rings. The quantitative estimate of drug-likeness (QED) is 0.465. The van der Waals surface area contributed by atoms with Crippen molar-refractivity contribution in [2.75, 3.05) is 0 Å². The molecule has 0 aliphatic heterocycles. The molecule has 0 saturated carbocycles. The number of nitrogens with two attached hydrogens (primary N) is 2. The fourth-order valence-corrected chi connectivity index (χ4v) is 0.653. The van der Waals surface area contributed by atoms with Crippen molar-refractivity contribution in [2.45, 2.75) is 12.5 Å². The van der Waals surface area contributed by atoms with Crippen LogP contribution in [0.2, 0.25) is 0 Å². The van der Waals surface area contributed by atoms with E-state index in [4.69, 9.17) is 11.5 Å². The molecule has 0 amide bonds. The van der Waals surface area contributed by atoms with Gasteiger partial charge in [0.1, 0.15) is 0 Å². The van der Waals surface area contributed by atoms with Crippen LogP contribution in [-0.2, 0) is 0 Å². The summed E-state index contributed by atoms with van der Waals surface area (Å²) in [7, 11) is 0. The molecule has 1 rings (SSSR count). The molecule has 0 heterocycles. The zero-order chi connectivity index (χ0) is 5.98. The highest BCUT2D eigenvalue weighted by atomic mass is 14.6. The second-order valence-electron chi connectivity index (χ2n) is 1.96. The summed E-state index contributed by atoms with van der Waals surface area (Å²) in [6.07, 6.45) is 6.57. The molecular weight excluding hydrogens is 100 g/mol. The van der Waals surface area contributed by atoms with E-state index >= 15 is 0 Å². The van der Waals surface area contributed by atoms with Crippen molar-refractivity contribution in [3.8, 4) is 0 Å². The molecule has 4 N–H and O–H groups in total. The largest absolute Gasteiger partial charge is 0.399 e. The van der Waals surface area contributed by atoms with Gasteiger partial charge in [0.15, 0.2) is 0 Å². The van der Waals surface area contributed by atoms with Crippen molar-refractivity contribution in [1.82, 2.24) is 0 Å². The predicted molar refractivity (Wildman–Crippen MR) is 34.0 cm³/mol. The van der Waals surface area contributed by atoms with Crippen molar-refractivity contribution in [3.63, 3.8) is 0 Å². The number of hydrogen-bond acceptors (Lipinski definition) is 2. The van der Waals surface area contributed by atoms with E-state index in [9.17, 15) is 0 Å². The third kappa shape index (κ3) is 1.10. The van der Waals surface area contributed by atoms with E-state index < -0.39 is 0 Å². The Morgan fingerprint density at radius 3 is 2.75 bits per heavy atom. The Balaban J connectivity index is 2.58.